The maximum Gasteiger partial charge on any atom is 0.0558 e. The second-order valence-electron chi connectivity index (χ2n) is 3.38. The molecule has 1 atom stereocenters. The Labute approximate surface area is 75.3 Å². The molecule has 0 bridgehead atoms. The first kappa shape index (κ1) is 11.9. The van der Waals surface area contributed by atoms with Crippen LogP contribution in [0.15, 0.2) is 0 Å². The van der Waals surface area contributed by atoms with Gasteiger partial charge in [0, 0.05) is 20.3 Å². The number of ether oxygens (including phenoxy) is 1. The van der Waals surface area contributed by atoms with E-state index in [9.17, 15) is 0 Å². The van der Waals surface area contributed by atoms with Gasteiger partial charge in [0.1, 0.15) is 0 Å². The van der Waals surface area contributed by atoms with E-state index in [4.69, 9.17) is 9.84 Å². The smallest absolute Gasteiger partial charge is 0.0558 e. The van der Waals surface area contributed by atoms with Gasteiger partial charge in [-0.15, -0.1) is 0 Å². The maximum atomic E-state index is 8.64. The predicted molar refractivity (Wildman–Crippen MR) is 50.2 cm³/mol. The van der Waals surface area contributed by atoms with E-state index in [1.165, 1.54) is 0 Å². The molecule has 1 unspecified atom stereocenters. The minimum atomic E-state index is 0.245. The largest absolute Gasteiger partial charge is 0.395 e. The summed E-state index contributed by atoms with van der Waals surface area (Å²) in [6.45, 7) is 5.04. The Bertz CT molecular complexity index is 86.5. The predicted octanol–water partition coefficient (Wildman–Crippen LogP) is 0.583. The van der Waals surface area contributed by atoms with E-state index in [-0.39, 0.29) is 6.61 Å². The van der Waals surface area contributed by atoms with Crippen LogP contribution in [-0.4, -0.2) is 50.5 Å². The maximum absolute atomic E-state index is 8.64. The molecule has 3 heteroatoms. The van der Waals surface area contributed by atoms with Gasteiger partial charge in [-0.3, -0.25) is 0 Å². The zero-order valence-corrected chi connectivity index (χ0v) is 8.42. The Morgan fingerprint density at radius 1 is 1.42 bits per heavy atom. The molecule has 0 fully saturated rings. The topological polar surface area (TPSA) is 32.7 Å². The van der Waals surface area contributed by atoms with Crippen LogP contribution in [0.3, 0.4) is 0 Å². The Hall–Kier alpha value is -0.120. The number of likely N-dealkylation sites (N-methyl/N-ethyl adjacent to an activating group) is 1. The van der Waals surface area contributed by atoms with E-state index in [2.05, 4.69) is 11.8 Å². The molecule has 0 aliphatic carbocycles. The van der Waals surface area contributed by atoms with Crippen molar-refractivity contribution in [3.63, 3.8) is 0 Å². The van der Waals surface area contributed by atoms with Crippen LogP contribution in [0.4, 0.5) is 0 Å². The number of methoxy groups -OCH3 is 1. The van der Waals surface area contributed by atoms with E-state index in [1.54, 1.807) is 7.11 Å². The summed E-state index contributed by atoms with van der Waals surface area (Å²) in [6, 6.07) is 0. The van der Waals surface area contributed by atoms with Gasteiger partial charge in [-0.25, -0.2) is 0 Å². The molecule has 0 saturated heterocycles. The summed E-state index contributed by atoms with van der Waals surface area (Å²) in [4.78, 5) is 2.13. The first-order valence-corrected chi connectivity index (χ1v) is 4.49. The second-order valence-corrected chi connectivity index (χ2v) is 3.38. The number of aliphatic hydroxyl groups excluding tert-OH is 1. The van der Waals surface area contributed by atoms with Gasteiger partial charge in [0.15, 0.2) is 0 Å². The van der Waals surface area contributed by atoms with Crippen molar-refractivity contribution in [2.45, 2.75) is 13.3 Å². The fourth-order valence-corrected chi connectivity index (χ4v) is 1.09. The quantitative estimate of drug-likeness (QED) is 0.614. The average molecular weight is 175 g/mol. The molecule has 0 radical (unpaired) electrons. The van der Waals surface area contributed by atoms with Crippen molar-refractivity contribution in [2.75, 3.05) is 40.5 Å². The third kappa shape index (κ3) is 6.58. The van der Waals surface area contributed by atoms with Crippen LogP contribution < -0.4 is 0 Å². The molecule has 0 aliphatic rings. The van der Waals surface area contributed by atoms with E-state index >= 15 is 0 Å². The fraction of sp³-hybridized carbons (Fsp3) is 1.00. The first-order valence-electron chi connectivity index (χ1n) is 4.49. The molecule has 0 saturated carbocycles. The van der Waals surface area contributed by atoms with Crippen LogP contribution in [0.5, 0.6) is 0 Å². The Kier molecular flexibility index (Phi) is 7.45. The standard InChI is InChI=1S/C9H21NO2/c1-9(8-12-3)4-5-10(2)6-7-11/h9,11H,4-8H2,1-3H3. The zero-order chi connectivity index (χ0) is 9.40. The van der Waals surface area contributed by atoms with Crippen molar-refractivity contribution in [3.8, 4) is 0 Å². The van der Waals surface area contributed by atoms with E-state index in [0.717, 1.165) is 26.1 Å². The van der Waals surface area contributed by atoms with Crippen molar-refractivity contribution in [2.24, 2.45) is 5.92 Å². The summed E-state index contributed by atoms with van der Waals surface area (Å²) in [6.07, 6.45) is 1.13. The van der Waals surface area contributed by atoms with Gasteiger partial charge in [0.05, 0.1) is 6.61 Å². The molecule has 0 aromatic carbocycles. The van der Waals surface area contributed by atoms with Gasteiger partial charge in [-0.2, -0.15) is 0 Å². The summed E-state index contributed by atoms with van der Waals surface area (Å²) < 4.78 is 5.03. The average Bonchev–Trinajstić information content (AvgIpc) is 2.02. The van der Waals surface area contributed by atoms with Crippen LogP contribution in [0, 0.1) is 5.92 Å². The Balaban J connectivity index is 3.27. The third-order valence-electron chi connectivity index (χ3n) is 1.94. The highest BCUT2D eigenvalue weighted by molar-refractivity contribution is 4.56. The van der Waals surface area contributed by atoms with Crippen LogP contribution >= 0.6 is 0 Å². The molecular formula is C9H21NO2. The molecule has 1 N–H and O–H groups in total. The highest BCUT2D eigenvalue weighted by atomic mass is 16.5. The number of hydrogen-bond acceptors (Lipinski definition) is 3. The van der Waals surface area contributed by atoms with Crippen molar-refractivity contribution >= 4 is 0 Å². The number of aliphatic hydroxyl groups is 1. The van der Waals surface area contributed by atoms with Gasteiger partial charge in [-0.1, -0.05) is 6.92 Å². The summed E-state index contributed by atoms with van der Waals surface area (Å²) in [5.74, 6) is 0.608. The van der Waals surface area contributed by atoms with Gasteiger partial charge in [0.25, 0.3) is 0 Å². The molecule has 0 rings (SSSR count). The summed E-state index contributed by atoms with van der Waals surface area (Å²) in [5.41, 5.74) is 0. The summed E-state index contributed by atoms with van der Waals surface area (Å²) in [7, 11) is 3.75. The number of rotatable bonds is 7. The monoisotopic (exact) mass is 175 g/mol. The fourth-order valence-electron chi connectivity index (χ4n) is 1.09. The van der Waals surface area contributed by atoms with Crippen LogP contribution in [0.1, 0.15) is 13.3 Å². The number of nitrogens with zero attached hydrogens (tertiary/aromatic N) is 1. The lowest BCUT2D eigenvalue weighted by Gasteiger charge is -2.17. The molecule has 0 heterocycles. The van der Waals surface area contributed by atoms with Crippen molar-refractivity contribution in [1.29, 1.82) is 0 Å². The lowest BCUT2D eigenvalue weighted by atomic mass is 10.1. The van der Waals surface area contributed by atoms with E-state index in [0.29, 0.717) is 5.92 Å². The van der Waals surface area contributed by atoms with E-state index in [1.807, 2.05) is 7.05 Å². The minimum absolute atomic E-state index is 0.245. The highest BCUT2D eigenvalue weighted by Gasteiger charge is 2.03. The van der Waals surface area contributed by atoms with Crippen molar-refractivity contribution in [1.82, 2.24) is 4.90 Å². The normalized spacial score (nSPS) is 13.8. The Morgan fingerprint density at radius 3 is 2.58 bits per heavy atom. The summed E-state index contributed by atoms with van der Waals surface area (Å²) >= 11 is 0. The van der Waals surface area contributed by atoms with Crippen molar-refractivity contribution in [3.05, 3.63) is 0 Å². The summed E-state index contributed by atoms with van der Waals surface area (Å²) in [5, 5.41) is 8.64. The first-order chi connectivity index (χ1) is 5.70. The molecule has 0 aliphatic heterocycles. The lowest BCUT2D eigenvalue weighted by molar-refractivity contribution is 0.144. The second kappa shape index (κ2) is 7.53. The van der Waals surface area contributed by atoms with Gasteiger partial charge in [-0.05, 0) is 25.9 Å². The highest BCUT2D eigenvalue weighted by Crippen LogP contribution is 2.02. The van der Waals surface area contributed by atoms with Crippen LogP contribution in [-0.2, 0) is 4.74 Å². The van der Waals surface area contributed by atoms with Crippen LogP contribution in [0.25, 0.3) is 0 Å². The molecule has 12 heavy (non-hydrogen) atoms. The molecule has 74 valence electrons. The lowest BCUT2D eigenvalue weighted by Crippen LogP contribution is -2.25. The molecule has 0 spiro atoms. The molecule has 0 amide bonds. The van der Waals surface area contributed by atoms with Gasteiger partial charge >= 0.3 is 0 Å². The molecular weight excluding hydrogens is 154 g/mol. The Morgan fingerprint density at radius 2 is 2.08 bits per heavy atom. The van der Waals surface area contributed by atoms with E-state index < -0.39 is 0 Å². The SMILES string of the molecule is COCC(C)CCN(C)CCO. The zero-order valence-electron chi connectivity index (χ0n) is 8.42. The van der Waals surface area contributed by atoms with Crippen LogP contribution in [0.2, 0.25) is 0 Å². The minimum Gasteiger partial charge on any atom is -0.395 e. The number of hydrogen-bond donors (Lipinski definition) is 1. The van der Waals surface area contributed by atoms with Gasteiger partial charge < -0.3 is 14.7 Å². The molecule has 3 nitrogen and oxygen atoms in total. The molecule has 0 aromatic heterocycles. The van der Waals surface area contributed by atoms with Gasteiger partial charge in [0.2, 0.25) is 0 Å². The third-order valence-corrected chi connectivity index (χ3v) is 1.94. The molecule has 0 aromatic rings. The van der Waals surface area contributed by atoms with Crippen molar-refractivity contribution < 1.29 is 9.84 Å².